The molecule has 0 radical (unpaired) electrons. The van der Waals surface area contributed by atoms with Crippen LogP contribution >= 0.6 is 0 Å². The Morgan fingerprint density at radius 1 is 1.04 bits per heavy atom. The summed E-state index contributed by atoms with van der Waals surface area (Å²) in [5.41, 5.74) is 1.46. The lowest BCUT2D eigenvalue weighted by atomic mass is 9.96. The molecule has 0 unspecified atom stereocenters. The third-order valence-corrected chi connectivity index (χ3v) is 4.85. The minimum absolute atomic E-state index is 0.0182. The Labute approximate surface area is 167 Å². The minimum atomic E-state index is -0.511. The maximum atomic E-state index is 12.4. The van der Waals surface area contributed by atoms with Gasteiger partial charge in [0.2, 0.25) is 17.7 Å². The average Bonchev–Trinajstić information content (AvgIpc) is 2.66. The Hall–Kier alpha value is -2.41. The van der Waals surface area contributed by atoms with E-state index in [2.05, 4.69) is 17.6 Å². The number of aryl methyl sites for hydroxylation is 1. The lowest BCUT2D eigenvalue weighted by Gasteiger charge is -2.34. The number of hydrogen-bond donors (Lipinski definition) is 2. The summed E-state index contributed by atoms with van der Waals surface area (Å²) >= 11 is 0. The Balaban J connectivity index is 1.75. The molecular weight excluding hydrogens is 356 g/mol. The van der Waals surface area contributed by atoms with Crippen molar-refractivity contribution in [3.8, 4) is 0 Å². The predicted molar refractivity (Wildman–Crippen MR) is 110 cm³/mol. The van der Waals surface area contributed by atoms with E-state index < -0.39 is 5.41 Å². The van der Waals surface area contributed by atoms with Gasteiger partial charge in [-0.2, -0.15) is 0 Å². The number of piperazine rings is 1. The Kier molecular flexibility index (Phi) is 7.57. The van der Waals surface area contributed by atoms with E-state index in [1.54, 1.807) is 4.90 Å². The first kappa shape index (κ1) is 21.9. The molecule has 1 heterocycles. The molecule has 0 saturated carbocycles. The smallest absolute Gasteiger partial charge is 0.242 e. The second-order valence-corrected chi connectivity index (χ2v) is 8.15. The Bertz CT molecular complexity index is 704. The van der Waals surface area contributed by atoms with Crippen LogP contribution in [0.25, 0.3) is 0 Å². The number of para-hydroxylation sites is 1. The SMILES string of the molecule is CCc1ccccc1NC(=O)CN1CCN(C(=O)CNC(=O)C(C)(C)C)CC1. The van der Waals surface area contributed by atoms with Crippen molar-refractivity contribution in [3.63, 3.8) is 0 Å². The van der Waals surface area contributed by atoms with Gasteiger partial charge < -0.3 is 15.5 Å². The Morgan fingerprint density at radius 3 is 2.29 bits per heavy atom. The summed E-state index contributed by atoms with van der Waals surface area (Å²) in [6, 6.07) is 7.81. The number of benzene rings is 1. The summed E-state index contributed by atoms with van der Waals surface area (Å²) in [7, 11) is 0. The van der Waals surface area contributed by atoms with Gasteiger partial charge in [0.05, 0.1) is 13.1 Å². The van der Waals surface area contributed by atoms with Crippen LogP contribution in [0.4, 0.5) is 5.69 Å². The molecule has 0 bridgehead atoms. The first-order chi connectivity index (χ1) is 13.2. The number of hydrogen-bond acceptors (Lipinski definition) is 4. The van der Waals surface area contributed by atoms with Gasteiger partial charge in [-0.3, -0.25) is 19.3 Å². The number of nitrogens with one attached hydrogen (secondary N) is 2. The molecule has 2 N–H and O–H groups in total. The fourth-order valence-electron chi connectivity index (χ4n) is 3.03. The van der Waals surface area contributed by atoms with Gasteiger partial charge in [0.1, 0.15) is 0 Å². The molecule has 28 heavy (non-hydrogen) atoms. The Morgan fingerprint density at radius 2 is 1.68 bits per heavy atom. The molecule has 7 nitrogen and oxygen atoms in total. The van der Waals surface area contributed by atoms with E-state index in [1.165, 1.54) is 0 Å². The van der Waals surface area contributed by atoms with E-state index in [9.17, 15) is 14.4 Å². The van der Waals surface area contributed by atoms with Gasteiger partial charge in [-0.15, -0.1) is 0 Å². The summed E-state index contributed by atoms with van der Waals surface area (Å²) in [4.78, 5) is 40.3. The number of carbonyl (C=O) groups excluding carboxylic acids is 3. The van der Waals surface area contributed by atoms with Crippen LogP contribution in [-0.2, 0) is 20.8 Å². The molecule has 3 amide bonds. The number of rotatable bonds is 6. The van der Waals surface area contributed by atoms with E-state index in [0.717, 1.165) is 17.7 Å². The molecule has 2 rings (SSSR count). The highest BCUT2D eigenvalue weighted by atomic mass is 16.2. The van der Waals surface area contributed by atoms with Gasteiger partial charge in [0.15, 0.2) is 0 Å². The molecule has 154 valence electrons. The molecule has 0 aromatic heterocycles. The molecule has 1 aromatic carbocycles. The van der Waals surface area contributed by atoms with Crippen molar-refractivity contribution in [3.05, 3.63) is 29.8 Å². The van der Waals surface area contributed by atoms with Crippen molar-refractivity contribution in [2.45, 2.75) is 34.1 Å². The van der Waals surface area contributed by atoms with Crippen molar-refractivity contribution in [1.82, 2.24) is 15.1 Å². The normalized spacial score (nSPS) is 15.2. The lowest BCUT2D eigenvalue weighted by Crippen LogP contribution is -2.53. The number of anilines is 1. The summed E-state index contributed by atoms with van der Waals surface area (Å²) in [5.74, 6) is -0.264. The first-order valence-corrected chi connectivity index (χ1v) is 9.87. The molecule has 1 saturated heterocycles. The van der Waals surface area contributed by atoms with Crippen molar-refractivity contribution in [1.29, 1.82) is 0 Å². The topological polar surface area (TPSA) is 81.8 Å². The van der Waals surface area contributed by atoms with Gasteiger partial charge in [-0.25, -0.2) is 0 Å². The zero-order chi connectivity index (χ0) is 20.7. The van der Waals surface area contributed by atoms with Crippen LogP contribution in [0.1, 0.15) is 33.3 Å². The van der Waals surface area contributed by atoms with E-state index in [4.69, 9.17) is 0 Å². The van der Waals surface area contributed by atoms with Gasteiger partial charge in [0.25, 0.3) is 0 Å². The molecule has 1 aromatic rings. The molecule has 1 aliphatic rings. The molecule has 0 aliphatic carbocycles. The van der Waals surface area contributed by atoms with Crippen LogP contribution in [-0.4, -0.2) is 66.8 Å². The molecule has 1 fully saturated rings. The first-order valence-electron chi connectivity index (χ1n) is 9.87. The predicted octanol–water partition coefficient (Wildman–Crippen LogP) is 1.49. The van der Waals surface area contributed by atoms with E-state index >= 15 is 0 Å². The largest absolute Gasteiger partial charge is 0.347 e. The summed E-state index contributed by atoms with van der Waals surface area (Å²) < 4.78 is 0. The molecule has 7 heteroatoms. The number of nitrogens with zero attached hydrogens (tertiary/aromatic N) is 2. The van der Waals surface area contributed by atoms with Crippen molar-refractivity contribution in [2.75, 3.05) is 44.6 Å². The molecule has 0 atom stereocenters. The monoisotopic (exact) mass is 388 g/mol. The third-order valence-electron chi connectivity index (χ3n) is 4.85. The van der Waals surface area contributed by atoms with Crippen LogP contribution in [0.5, 0.6) is 0 Å². The highest BCUT2D eigenvalue weighted by Gasteiger charge is 2.25. The van der Waals surface area contributed by atoms with Gasteiger partial charge >= 0.3 is 0 Å². The standard InChI is InChI=1S/C21H32N4O3/c1-5-16-8-6-7-9-17(16)23-18(26)15-24-10-12-25(13-11-24)19(27)14-22-20(28)21(2,3)4/h6-9H,5,10-15H2,1-4H3,(H,22,28)(H,23,26). The highest BCUT2D eigenvalue weighted by molar-refractivity contribution is 5.93. The average molecular weight is 389 g/mol. The minimum Gasteiger partial charge on any atom is -0.347 e. The third kappa shape index (κ3) is 6.34. The van der Waals surface area contributed by atoms with E-state index in [-0.39, 0.29) is 24.3 Å². The number of amides is 3. The van der Waals surface area contributed by atoms with Crippen LogP contribution in [0.3, 0.4) is 0 Å². The summed E-state index contributed by atoms with van der Waals surface area (Å²) in [5, 5.41) is 5.67. The van der Waals surface area contributed by atoms with Crippen LogP contribution in [0.15, 0.2) is 24.3 Å². The molecular formula is C21H32N4O3. The lowest BCUT2D eigenvalue weighted by molar-refractivity contribution is -0.136. The summed E-state index contributed by atoms with van der Waals surface area (Å²) in [6.07, 6.45) is 0.864. The zero-order valence-corrected chi connectivity index (χ0v) is 17.4. The summed E-state index contributed by atoms with van der Waals surface area (Å²) in [6.45, 7) is 10.2. The maximum Gasteiger partial charge on any atom is 0.242 e. The molecule has 0 spiro atoms. The van der Waals surface area contributed by atoms with Crippen molar-refractivity contribution < 1.29 is 14.4 Å². The second-order valence-electron chi connectivity index (χ2n) is 8.15. The van der Waals surface area contributed by atoms with Gasteiger partial charge in [0, 0.05) is 37.3 Å². The zero-order valence-electron chi connectivity index (χ0n) is 17.4. The maximum absolute atomic E-state index is 12.4. The highest BCUT2D eigenvalue weighted by Crippen LogP contribution is 2.15. The fourth-order valence-corrected chi connectivity index (χ4v) is 3.03. The van der Waals surface area contributed by atoms with Crippen LogP contribution in [0.2, 0.25) is 0 Å². The van der Waals surface area contributed by atoms with Gasteiger partial charge in [-0.1, -0.05) is 45.9 Å². The van der Waals surface area contributed by atoms with Crippen molar-refractivity contribution >= 4 is 23.4 Å². The van der Waals surface area contributed by atoms with Crippen LogP contribution in [0, 0.1) is 5.41 Å². The van der Waals surface area contributed by atoms with E-state index in [0.29, 0.717) is 32.7 Å². The van der Waals surface area contributed by atoms with Crippen LogP contribution < -0.4 is 10.6 Å². The molecule has 1 aliphatic heterocycles. The second kappa shape index (κ2) is 9.68. The number of carbonyl (C=O) groups is 3. The fraction of sp³-hybridized carbons (Fsp3) is 0.571. The van der Waals surface area contributed by atoms with Gasteiger partial charge in [-0.05, 0) is 18.1 Å². The quantitative estimate of drug-likeness (QED) is 0.774. The van der Waals surface area contributed by atoms with Crippen molar-refractivity contribution in [2.24, 2.45) is 5.41 Å². The van der Waals surface area contributed by atoms with E-state index in [1.807, 2.05) is 49.9 Å².